The van der Waals surface area contributed by atoms with E-state index in [0.717, 1.165) is 0 Å². The molecule has 0 nitrogen and oxygen atoms in total. The van der Waals surface area contributed by atoms with Crippen LogP contribution in [0.3, 0.4) is 0 Å². The Bertz CT molecular complexity index is 1810. The van der Waals surface area contributed by atoms with Gasteiger partial charge in [0.05, 0.1) is 0 Å². The van der Waals surface area contributed by atoms with Crippen LogP contribution < -0.4 is 0 Å². The Morgan fingerprint density at radius 1 is 0.104 bits per heavy atom. The second-order valence-corrected chi connectivity index (χ2v) is 11.8. The molecule has 0 N–H and O–H groups in total. The number of rotatable bonds is 6. The van der Waals surface area contributed by atoms with Gasteiger partial charge in [0.25, 0.3) is 0 Å². The Labute approximate surface area is 284 Å². The van der Waals surface area contributed by atoms with Crippen LogP contribution >= 0.6 is 0 Å². The minimum absolute atomic E-state index is 1.24. The minimum atomic E-state index is 1.24. The third-order valence-corrected chi connectivity index (χ3v) is 8.63. The van der Waals surface area contributed by atoms with E-state index in [-0.39, 0.29) is 0 Å². The van der Waals surface area contributed by atoms with Gasteiger partial charge in [0.15, 0.2) is 0 Å². The van der Waals surface area contributed by atoms with Crippen molar-refractivity contribution in [3.63, 3.8) is 0 Å². The van der Waals surface area contributed by atoms with Gasteiger partial charge in [0, 0.05) is 0 Å². The first-order valence-corrected chi connectivity index (χ1v) is 16.4. The first kappa shape index (κ1) is 30.4. The van der Waals surface area contributed by atoms with Gasteiger partial charge in [0.2, 0.25) is 0 Å². The van der Waals surface area contributed by atoms with Crippen LogP contribution in [0.15, 0.2) is 218 Å². The van der Waals surface area contributed by atoms with Crippen LogP contribution in [0.4, 0.5) is 0 Å². The fraction of sp³-hybridized carbons (Fsp3) is 0. The first-order chi connectivity index (χ1) is 23.8. The fourth-order valence-electron chi connectivity index (χ4n) is 5.94. The van der Waals surface area contributed by atoms with Gasteiger partial charge in [-0.3, -0.25) is 0 Å². The Kier molecular flexibility index (Phi) is 9.44. The highest BCUT2D eigenvalue weighted by molar-refractivity contribution is 5.75. The Balaban J connectivity index is 0.000000152. The van der Waals surface area contributed by atoms with Gasteiger partial charge < -0.3 is 0 Å². The third kappa shape index (κ3) is 7.41. The van der Waals surface area contributed by atoms with Crippen molar-refractivity contribution in [1.82, 2.24) is 0 Å². The minimum Gasteiger partial charge on any atom is -0.0622 e. The highest BCUT2D eigenvalue weighted by Crippen LogP contribution is 2.29. The molecule has 0 radical (unpaired) electrons. The Morgan fingerprint density at radius 2 is 0.208 bits per heavy atom. The quantitative estimate of drug-likeness (QED) is 0.175. The summed E-state index contributed by atoms with van der Waals surface area (Å²) in [6.45, 7) is 0. The van der Waals surface area contributed by atoms with Crippen molar-refractivity contribution in [2.45, 2.75) is 0 Å². The second-order valence-electron chi connectivity index (χ2n) is 11.8. The highest BCUT2D eigenvalue weighted by atomic mass is 14.1. The van der Waals surface area contributed by atoms with E-state index in [1.807, 2.05) is 24.3 Å². The van der Waals surface area contributed by atoms with Crippen molar-refractivity contribution in [3.05, 3.63) is 218 Å². The van der Waals surface area contributed by atoms with Crippen molar-refractivity contribution in [2.24, 2.45) is 0 Å². The lowest BCUT2D eigenvalue weighted by Gasteiger charge is -2.07. The molecule has 0 atom stereocenters. The van der Waals surface area contributed by atoms with E-state index in [0.29, 0.717) is 0 Å². The van der Waals surface area contributed by atoms with E-state index >= 15 is 0 Å². The zero-order valence-electron chi connectivity index (χ0n) is 26.8. The molecular weight excluding hydrogens is 577 g/mol. The van der Waals surface area contributed by atoms with Crippen LogP contribution in [0.1, 0.15) is 0 Å². The molecule has 228 valence electrons. The van der Waals surface area contributed by atoms with Gasteiger partial charge >= 0.3 is 0 Å². The maximum atomic E-state index is 2.19. The standard InChI is InChI=1S/2C24H18/c2*1-3-7-19(8-4-1)21-11-15-23(16-12-21)24-17-13-22(14-18-24)20-9-5-2-6-10-20/h2*1-18H. The van der Waals surface area contributed by atoms with Gasteiger partial charge in [0.1, 0.15) is 0 Å². The summed E-state index contributed by atoms with van der Waals surface area (Å²) >= 11 is 0. The average Bonchev–Trinajstić information content (AvgIpc) is 3.20. The van der Waals surface area contributed by atoms with E-state index in [9.17, 15) is 0 Å². The summed E-state index contributed by atoms with van der Waals surface area (Å²) in [5, 5.41) is 0. The van der Waals surface area contributed by atoms with Crippen molar-refractivity contribution < 1.29 is 0 Å². The maximum Gasteiger partial charge on any atom is -0.0184 e. The number of hydrogen-bond acceptors (Lipinski definition) is 0. The summed E-state index contributed by atoms with van der Waals surface area (Å²) in [5.41, 5.74) is 15.0. The molecule has 0 saturated carbocycles. The highest BCUT2D eigenvalue weighted by Gasteiger charge is 2.03. The average molecular weight is 613 g/mol. The van der Waals surface area contributed by atoms with Crippen molar-refractivity contribution in [3.8, 4) is 66.8 Å². The second kappa shape index (κ2) is 14.9. The monoisotopic (exact) mass is 612 g/mol. The summed E-state index contributed by atoms with van der Waals surface area (Å²) in [4.78, 5) is 0. The zero-order chi connectivity index (χ0) is 32.4. The molecule has 8 aromatic rings. The largest absolute Gasteiger partial charge is 0.0622 e. The number of benzene rings is 8. The summed E-state index contributed by atoms with van der Waals surface area (Å²) in [6, 6.07) is 77.0. The molecule has 0 bridgehead atoms. The molecule has 0 aliphatic heterocycles. The molecule has 48 heavy (non-hydrogen) atoms. The van der Waals surface area contributed by atoms with Gasteiger partial charge in [-0.1, -0.05) is 218 Å². The molecule has 0 aromatic heterocycles. The predicted octanol–water partition coefficient (Wildman–Crippen LogP) is 13.4. The molecule has 0 unspecified atom stereocenters. The molecule has 0 spiro atoms. The van der Waals surface area contributed by atoms with Crippen LogP contribution in [-0.2, 0) is 0 Å². The maximum absolute atomic E-state index is 2.19. The van der Waals surface area contributed by atoms with Gasteiger partial charge in [-0.05, 0) is 66.8 Å². The molecule has 0 heterocycles. The third-order valence-electron chi connectivity index (χ3n) is 8.63. The molecule has 0 saturated heterocycles. The molecule has 0 amide bonds. The van der Waals surface area contributed by atoms with E-state index in [1.54, 1.807) is 0 Å². The van der Waals surface area contributed by atoms with E-state index in [1.165, 1.54) is 66.8 Å². The molecule has 0 aliphatic carbocycles. The fourth-order valence-corrected chi connectivity index (χ4v) is 5.94. The summed E-state index contributed by atoms with van der Waals surface area (Å²) < 4.78 is 0. The SMILES string of the molecule is c1ccc(-c2ccc(-c3ccc(-c4ccccc4)cc3)cc2)cc1.c1ccc(-c2ccc(-c3ccc(-c4ccccc4)cc3)cc2)cc1. The summed E-state index contributed by atoms with van der Waals surface area (Å²) in [6.07, 6.45) is 0. The smallest absolute Gasteiger partial charge is 0.0184 e. The van der Waals surface area contributed by atoms with Gasteiger partial charge in [-0.2, -0.15) is 0 Å². The van der Waals surface area contributed by atoms with Crippen LogP contribution in [0.5, 0.6) is 0 Å². The van der Waals surface area contributed by atoms with Gasteiger partial charge in [-0.15, -0.1) is 0 Å². The molecule has 8 rings (SSSR count). The van der Waals surface area contributed by atoms with Crippen molar-refractivity contribution in [1.29, 1.82) is 0 Å². The predicted molar refractivity (Wildman–Crippen MR) is 205 cm³/mol. The lowest BCUT2D eigenvalue weighted by atomic mass is 9.98. The molecule has 0 fully saturated rings. The summed E-state index contributed by atoms with van der Waals surface area (Å²) in [7, 11) is 0. The first-order valence-electron chi connectivity index (χ1n) is 16.4. The van der Waals surface area contributed by atoms with E-state index in [2.05, 4.69) is 194 Å². The van der Waals surface area contributed by atoms with Crippen LogP contribution in [0.25, 0.3) is 66.8 Å². The zero-order valence-corrected chi connectivity index (χ0v) is 26.8. The Hall–Kier alpha value is -6.24. The molecule has 0 heteroatoms. The lowest BCUT2D eigenvalue weighted by molar-refractivity contribution is 1.58. The lowest BCUT2D eigenvalue weighted by Crippen LogP contribution is -1.81. The summed E-state index contributed by atoms with van der Waals surface area (Å²) in [5.74, 6) is 0. The topological polar surface area (TPSA) is 0 Å². The number of hydrogen-bond donors (Lipinski definition) is 0. The normalized spacial score (nSPS) is 10.5. The van der Waals surface area contributed by atoms with Crippen molar-refractivity contribution >= 4 is 0 Å². The van der Waals surface area contributed by atoms with Crippen LogP contribution in [0.2, 0.25) is 0 Å². The molecule has 0 aliphatic rings. The molecule has 8 aromatic carbocycles. The van der Waals surface area contributed by atoms with Gasteiger partial charge in [-0.25, -0.2) is 0 Å². The molecular formula is C48H36. The van der Waals surface area contributed by atoms with Crippen molar-refractivity contribution in [2.75, 3.05) is 0 Å². The van der Waals surface area contributed by atoms with E-state index < -0.39 is 0 Å². The van der Waals surface area contributed by atoms with Crippen LogP contribution in [-0.4, -0.2) is 0 Å². The van der Waals surface area contributed by atoms with E-state index in [4.69, 9.17) is 0 Å². The Morgan fingerprint density at radius 3 is 0.333 bits per heavy atom. The van der Waals surface area contributed by atoms with Crippen LogP contribution in [0, 0.1) is 0 Å².